The van der Waals surface area contributed by atoms with Crippen LogP contribution in [0.3, 0.4) is 0 Å². The highest BCUT2D eigenvalue weighted by Crippen LogP contribution is 2.20. The van der Waals surface area contributed by atoms with Crippen molar-refractivity contribution in [3.05, 3.63) is 53.4 Å². The van der Waals surface area contributed by atoms with E-state index in [2.05, 4.69) is 5.32 Å². The van der Waals surface area contributed by atoms with Crippen molar-refractivity contribution in [3.63, 3.8) is 0 Å². The molecule has 3 rings (SSSR count). The summed E-state index contributed by atoms with van der Waals surface area (Å²) in [7, 11) is 0. The molecule has 0 aliphatic carbocycles. The van der Waals surface area contributed by atoms with Crippen molar-refractivity contribution < 1.29 is 14.0 Å². The van der Waals surface area contributed by atoms with Crippen LogP contribution in [0.1, 0.15) is 5.76 Å². The van der Waals surface area contributed by atoms with Gasteiger partial charge in [-0.2, -0.15) is 11.8 Å². The molecule has 0 radical (unpaired) electrons. The zero-order valence-electron chi connectivity index (χ0n) is 14.7. The molecule has 27 heavy (non-hydrogen) atoms. The maximum absolute atomic E-state index is 12.9. The zero-order chi connectivity index (χ0) is 19.1. The first-order chi connectivity index (χ1) is 13.1. The summed E-state index contributed by atoms with van der Waals surface area (Å²) in [6.45, 7) is 1.43. The summed E-state index contributed by atoms with van der Waals surface area (Å²) in [6, 6.07) is 10.3. The molecule has 2 heterocycles. The Bertz CT molecular complexity index is 747. The van der Waals surface area contributed by atoms with Crippen molar-refractivity contribution in [1.82, 2.24) is 10.2 Å². The minimum Gasteiger partial charge on any atom is -0.469 e. The molecule has 2 amide bonds. The van der Waals surface area contributed by atoms with Gasteiger partial charge in [-0.3, -0.25) is 9.59 Å². The molecule has 1 aliphatic heterocycles. The standard InChI is InChI=1S/C19H21ClN2O3S2/c20-14-3-5-16(6-4-14)27-13-18(23)21-17(12-15-2-1-9-25-15)19(24)22-7-10-26-11-8-22/h1-6,9,17H,7-8,10-13H2,(H,21,23). The maximum Gasteiger partial charge on any atom is 0.245 e. The SMILES string of the molecule is O=C(CSc1ccc(Cl)cc1)NC(Cc1ccco1)C(=O)N1CCSCC1. The van der Waals surface area contributed by atoms with Crippen LogP contribution in [0.25, 0.3) is 0 Å². The van der Waals surface area contributed by atoms with Crippen molar-refractivity contribution in [1.29, 1.82) is 0 Å². The lowest BCUT2D eigenvalue weighted by molar-refractivity contribution is -0.135. The number of halogens is 1. The summed E-state index contributed by atoms with van der Waals surface area (Å²) in [5.41, 5.74) is 0. The number of thioether (sulfide) groups is 2. The van der Waals surface area contributed by atoms with Gasteiger partial charge in [0, 0.05) is 40.9 Å². The second-order valence-corrected chi connectivity index (χ2v) is 8.79. The topological polar surface area (TPSA) is 62.6 Å². The third-order valence-corrected chi connectivity index (χ3v) is 6.33. The van der Waals surface area contributed by atoms with E-state index in [4.69, 9.17) is 16.0 Å². The summed E-state index contributed by atoms with van der Waals surface area (Å²) >= 11 is 9.13. The summed E-state index contributed by atoms with van der Waals surface area (Å²) < 4.78 is 5.38. The van der Waals surface area contributed by atoms with Crippen molar-refractivity contribution in [2.24, 2.45) is 0 Å². The Morgan fingerprint density at radius 3 is 2.63 bits per heavy atom. The highest BCUT2D eigenvalue weighted by Gasteiger charge is 2.28. The van der Waals surface area contributed by atoms with E-state index in [-0.39, 0.29) is 17.6 Å². The third kappa shape index (κ3) is 6.23. The largest absolute Gasteiger partial charge is 0.469 e. The van der Waals surface area contributed by atoms with Crippen molar-refractivity contribution in [2.45, 2.75) is 17.4 Å². The lowest BCUT2D eigenvalue weighted by atomic mass is 10.1. The van der Waals surface area contributed by atoms with Crippen LogP contribution in [-0.4, -0.2) is 53.1 Å². The fourth-order valence-electron chi connectivity index (χ4n) is 2.75. The van der Waals surface area contributed by atoms with E-state index in [1.54, 1.807) is 24.5 Å². The van der Waals surface area contributed by atoms with E-state index in [1.807, 2.05) is 34.9 Å². The van der Waals surface area contributed by atoms with Gasteiger partial charge in [-0.05, 0) is 36.4 Å². The molecule has 144 valence electrons. The summed E-state index contributed by atoms with van der Waals surface area (Å²) in [5.74, 6) is 2.56. The fraction of sp³-hybridized carbons (Fsp3) is 0.368. The molecule has 0 bridgehead atoms. The average molecular weight is 425 g/mol. The second kappa shape index (κ2) is 10.1. The predicted molar refractivity (Wildman–Crippen MR) is 110 cm³/mol. The Morgan fingerprint density at radius 2 is 1.96 bits per heavy atom. The van der Waals surface area contributed by atoms with Crippen LogP contribution in [0.4, 0.5) is 0 Å². The van der Waals surface area contributed by atoms with Crippen molar-refractivity contribution >= 4 is 46.9 Å². The molecular weight excluding hydrogens is 404 g/mol. The number of nitrogens with zero attached hydrogens (tertiary/aromatic N) is 1. The van der Waals surface area contributed by atoms with Crippen LogP contribution < -0.4 is 5.32 Å². The summed E-state index contributed by atoms with van der Waals surface area (Å²) in [5, 5.41) is 3.55. The lowest BCUT2D eigenvalue weighted by Gasteiger charge is -2.30. The number of benzene rings is 1. The Balaban J connectivity index is 1.59. The zero-order valence-corrected chi connectivity index (χ0v) is 17.1. The van der Waals surface area contributed by atoms with E-state index in [0.717, 1.165) is 16.4 Å². The molecule has 1 atom stereocenters. The van der Waals surface area contributed by atoms with Crippen LogP contribution >= 0.6 is 35.1 Å². The quantitative estimate of drug-likeness (QED) is 0.691. The van der Waals surface area contributed by atoms with Crippen LogP contribution in [0, 0.1) is 0 Å². The van der Waals surface area contributed by atoms with E-state index < -0.39 is 6.04 Å². The van der Waals surface area contributed by atoms with Crippen LogP contribution in [0.15, 0.2) is 52.0 Å². The minimum absolute atomic E-state index is 0.0449. The van der Waals surface area contributed by atoms with Gasteiger partial charge in [0.25, 0.3) is 0 Å². The molecule has 1 aromatic heterocycles. The van der Waals surface area contributed by atoms with Gasteiger partial charge in [-0.15, -0.1) is 11.8 Å². The number of amides is 2. The molecule has 1 saturated heterocycles. The molecule has 5 nitrogen and oxygen atoms in total. The first-order valence-electron chi connectivity index (χ1n) is 8.68. The monoisotopic (exact) mass is 424 g/mol. The first-order valence-corrected chi connectivity index (χ1v) is 11.2. The Hall–Kier alpha value is -1.57. The van der Waals surface area contributed by atoms with Gasteiger partial charge in [-0.25, -0.2) is 0 Å². The van der Waals surface area contributed by atoms with E-state index in [0.29, 0.717) is 30.3 Å². The van der Waals surface area contributed by atoms with Gasteiger partial charge in [0.15, 0.2) is 0 Å². The van der Waals surface area contributed by atoms with Crippen molar-refractivity contribution in [2.75, 3.05) is 30.3 Å². The lowest BCUT2D eigenvalue weighted by Crippen LogP contribution is -2.52. The van der Waals surface area contributed by atoms with E-state index in [9.17, 15) is 9.59 Å². The van der Waals surface area contributed by atoms with Gasteiger partial charge in [0.1, 0.15) is 11.8 Å². The molecule has 1 N–H and O–H groups in total. The van der Waals surface area contributed by atoms with Gasteiger partial charge < -0.3 is 14.6 Å². The van der Waals surface area contributed by atoms with E-state index >= 15 is 0 Å². The van der Waals surface area contributed by atoms with Gasteiger partial charge in [0.2, 0.25) is 11.8 Å². The summed E-state index contributed by atoms with van der Waals surface area (Å²) in [4.78, 5) is 28.1. The van der Waals surface area contributed by atoms with Crippen LogP contribution in [0.2, 0.25) is 5.02 Å². The highest BCUT2D eigenvalue weighted by molar-refractivity contribution is 8.00. The minimum atomic E-state index is -0.613. The molecule has 1 unspecified atom stereocenters. The predicted octanol–water partition coefficient (Wildman–Crippen LogP) is 3.33. The molecular formula is C19H21ClN2O3S2. The smallest absolute Gasteiger partial charge is 0.245 e. The van der Waals surface area contributed by atoms with E-state index in [1.165, 1.54) is 11.8 Å². The number of carbonyl (C=O) groups excluding carboxylic acids is 2. The molecule has 8 heteroatoms. The first kappa shape index (κ1) is 20.2. The Kier molecular flexibility index (Phi) is 7.55. The Morgan fingerprint density at radius 1 is 1.22 bits per heavy atom. The average Bonchev–Trinajstić information content (AvgIpc) is 3.20. The number of rotatable bonds is 7. The van der Waals surface area contributed by atoms with Crippen molar-refractivity contribution in [3.8, 4) is 0 Å². The number of nitrogens with one attached hydrogen (secondary N) is 1. The summed E-state index contributed by atoms with van der Waals surface area (Å²) in [6.07, 6.45) is 1.93. The second-order valence-electron chi connectivity index (χ2n) is 6.08. The van der Waals surface area contributed by atoms with Gasteiger partial charge in [0.05, 0.1) is 12.0 Å². The number of hydrogen-bond donors (Lipinski definition) is 1. The molecule has 0 spiro atoms. The normalized spacial score (nSPS) is 15.4. The van der Waals surface area contributed by atoms with Gasteiger partial charge in [-0.1, -0.05) is 11.6 Å². The number of hydrogen-bond acceptors (Lipinski definition) is 5. The molecule has 1 fully saturated rings. The van der Waals surface area contributed by atoms with Crippen LogP contribution in [-0.2, 0) is 16.0 Å². The molecule has 2 aromatic rings. The van der Waals surface area contributed by atoms with Crippen LogP contribution in [0.5, 0.6) is 0 Å². The maximum atomic E-state index is 12.9. The fourth-order valence-corrected chi connectivity index (χ4v) is 4.49. The highest BCUT2D eigenvalue weighted by atomic mass is 35.5. The number of carbonyl (C=O) groups is 2. The molecule has 1 aliphatic rings. The Labute approximate surface area is 172 Å². The number of furan rings is 1. The molecule has 1 aromatic carbocycles. The van der Waals surface area contributed by atoms with Gasteiger partial charge >= 0.3 is 0 Å². The third-order valence-electron chi connectivity index (χ3n) is 4.13. The molecule has 0 saturated carbocycles.